The van der Waals surface area contributed by atoms with E-state index in [2.05, 4.69) is 28.9 Å². The van der Waals surface area contributed by atoms with Crippen LogP contribution < -0.4 is 11.1 Å². The van der Waals surface area contributed by atoms with Gasteiger partial charge in [0.15, 0.2) is 5.11 Å². The highest BCUT2D eigenvalue weighted by Crippen LogP contribution is 1.84. The minimum atomic E-state index is -0.567. The minimum Gasteiger partial charge on any atom is -0.462 e. The molecule has 0 saturated carbocycles. The second-order valence-corrected chi connectivity index (χ2v) is 2.47. The predicted molar refractivity (Wildman–Crippen MR) is 50.7 cm³/mol. The monoisotopic (exact) mass is 202 g/mol. The topological polar surface area (TPSA) is 81.4 Å². The van der Waals surface area contributed by atoms with Crippen molar-refractivity contribution in [3.05, 3.63) is 12.7 Å². The Kier molecular flexibility index (Phi) is 5.45. The van der Waals surface area contributed by atoms with Gasteiger partial charge < -0.3 is 15.8 Å². The average Bonchev–Trinajstić information content (AvgIpc) is 2.02. The zero-order chi connectivity index (χ0) is 10.3. The summed E-state index contributed by atoms with van der Waals surface area (Å²) in [6.45, 7) is 3.18. The van der Waals surface area contributed by atoms with Crippen molar-refractivity contribution in [2.24, 2.45) is 5.73 Å². The van der Waals surface area contributed by atoms with Gasteiger partial charge in [0.05, 0.1) is 6.42 Å². The Labute approximate surface area is 80.9 Å². The van der Waals surface area contributed by atoms with Crippen LogP contribution in [0.1, 0.15) is 6.42 Å². The van der Waals surface area contributed by atoms with Crippen molar-refractivity contribution in [2.45, 2.75) is 6.42 Å². The molecule has 0 saturated heterocycles. The van der Waals surface area contributed by atoms with Crippen molar-refractivity contribution < 1.29 is 14.3 Å². The van der Waals surface area contributed by atoms with Crippen LogP contribution in [0.4, 0.5) is 0 Å². The van der Waals surface area contributed by atoms with Crippen LogP contribution in [0.25, 0.3) is 0 Å². The smallest absolute Gasteiger partial charge is 0.330 e. The summed E-state index contributed by atoms with van der Waals surface area (Å²) in [6, 6.07) is 0. The van der Waals surface area contributed by atoms with E-state index in [1.165, 1.54) is 0 Å². The number of esters is 1. The molecule has 0 aliphatic heterocycles. The van der Waals surface area contributed by atoms with Gasteiger partial charge in [0, 0.05) is 6.08 Å². The zero-order valence-electron chi connectivity index (χ0n) is 6.91. The molecular formula is C7H10N2O3S. The van der Waals surface area contributed by atoms with Crippen molar-refractivity contribution >= 4 is 29.2 Å². The van der Waals surface area contributed by atoms with Crippen molar-refractivity contribution in [2.75, 3.05) is 6.61 Å². The number of nitrogens with two attached hydrogens (primary N) is 1. The van der Waals surface area contributed by atoms with Gasteiger partial charge in [-0.1, -0.05) is 6.58 Å². The lowest BCUT2D eigenvalue weighted by atomic mass is 10.4. The fourth-order valence-corrected chi connectivity index (χ4v) is 0.617. The molecule has 6 heteroatoms. The molecule has 0 rings (SSSR count). The van der Waals surface area contributed by atoms with Crippen LogP contribution in [0.5, 0.6) is 0 Å². The maximum atomic E-state index is 10.8. The first kappa shape index (κ1) is 11.6. The Hall–Kier alpha value is -1.43. The van der Waals surface area contributed by atoms with Gasteiger partial charge in [0.1, 0.15) is 6.61 Å². The first-order valence-corrected chi connectivity index (χ1v) is 3.85. The first-order valence-electron chi connectivity index (χ1n) is 3.44. The number of carbonyl (C=O) groups excluding carboxylic acids is 2. The Morgan fingerprint density at radius 1 is 1.62 bits per heavy atom. The SMILES string of the molecule is C=CC(=O)OCCC(=O)NC(N)=S. The van der Waals surface area contributed by atoms with E-state index in [4.69, 9.17) is 5.73 Å². The fraction of sp³-hybridized carbons (Fsp3) is 0.286. The summed E-state index contributed by atoms with van der Waals surface area (Å²) in [5.74, 6) is -0.951. The number of carbonyl (C=O) groups is 2. The summed E-state index contributed by atoms with van der Waals surface area (Å²) in [4.78, 5) is 21.3. The number of rotatable bonds is 4. The number of thiocarbonyl (C=S) groups is 1. The predicted octanol–water partition coefficient (Wildman–Crippen LogP) is -0.535. The fourth-order valence-electron chi connectivity index (χ4n) is 0.503. The van der Waals surface area contributed by atoms with Gasteiger partial charge in [-0.25, -0.2) is 4.79 Å². The van der Waals surface area contributed by atoms with Crippen LogP contribution in [0.3, 0.4) is 0 Å². The standard InChI is InChI=1S/C7H10N2O3S/c1-2-6(11)12-4-3-5(10)9-7(8)13/h2H,1,3-4H2,(H3,8,9,10,13). The summed E-state index contributed by atoms with van der Waals surface area (Å²) in [7, 11) is 0. The second-order valence-electron chi connectivity index (χ2n) is 2.03. The molecule has 0 aromatic carbocycles. The highest BCUT2D eigenvalue weighted by Gasteiger charge is 2.03. The second kappa shape index (κ2) is 6.13. The molecule has 1 amide bonds. The molecule has 0 atom stereocenters. The molecule has 3 N–H and O–H groups in total. The normalized spacial score (nSPS) is 8.62. The van der Waals surface area contributed by atoms with Crippen LogP contribution in [0.2, 0.25) is 0 Å². The quantitative estimate of drug-likeness (QED) is 0.364. The summed E-state index contributed by atoms with van der Waals surface area (Å²) >= 11 is 4.42. The maximum absolute atomic E-state index is 10.8. The van der Waals surface area contributed by atoms with Gasteiger partial charge >= 0.3 is 5.97 Å². The average molecular weight is 202 g/mol. The van der Waals surface area contributed by atoms with Gasteiger partial charge in [-0.05, 0) is 12.2 Å². The Morgan fingerprint density at radius 2 is 2.23 bits per heavy atom. The van der Waals surface area contributed by atoms with E-state index in [1.807, 2.05) is 0 Å². The summed E-state index contributed by atoms with van der Waals surface area (Å²) < 4.78 is 4.54. The summed E-state index contributed by atoms with van der Waals surface area (Å²) in [5.41, 5.74) is 5.03. The molecule has 72 valence electrons. The zero-order valence-corrected chi connectivity index (χ0v) is 7.73. The number of nitrogens with one attached hydrogen (secondary N) is 1. The van der Waals surface area contributed by atoms with Crippen molar-refractivity contribution in [3.8, 4) is 0 Å². The Balaban J connectivity index is 3.53. The van der Waals surface area contributed by atoms with Crippen molar-refractivity contribution in [3.63, 3.8) is 0 Å². The molecule has 0 bridgehead atoms. The summed E-state index contributed by atoms with van der Waals surface area (Å²) in [6.07, 6.45) is 1.04. The Bertz CT molecular complexity index is 240. The molecule has 0 unspecified atom stereocenters. The van der Waals surface area contributed by atoms with Crippen LogP contribution in [0.15, 0.2) is 12.7 Å². The van der Waals surface area contributed by atoms with E-state index in [0.717, 1.165) is 6.08 Å². The molecule has 0 aromatic rings. The van der Waals surface area contributed by atoms with E-state index >= 15 is 0 Å². The summed E-state index contributed by atoms with van der Waals surface area (Å²) in [5, 5.41) is 2.09. The highest BCUT2D eigenvalue weighted by molar-refractivity contribution is 7.80. The van der Waals surface area contributed by atoms with Gasteiger partial charge in [-0.2, -0.15) is 0 Å². The van der Waals surface area contributed by atoms with Gasteiger partial charge in [0.25, 0.3) is 0 Å². The van der Waals surface area contributed by atoms with Crippen LogP contribution in [0, 0.1) is 0 Å². The molecule has 0 spiro atoms. The van der Waals surface area contributed by atoms with Crippen molar-refractivity contribution in [1.29, 1.82) is 0 Å². The van der Waals surface area contributed by atoms with Crippen LogP contribution >= 0.6 is 12.2 Å². The van der Waals surface area contributed by atoms with Gasteiger partial charge in [0.2, 0.25) is 5.91 Å². The third kappa shape index (κ3) is 6.95. The molecule has 5 nitrogen and oxygen atoms in total. The van der Waals surface area contributed by atoms with Crippen LogP contribution in [-0.4, -0.2) is 23.6 Å². The molecule has 0 fully saturated rings. The number of hydrogen-bond donors (Lipinski definition) is 2. The minimum absolute atomic E-state index is 0.0146. The van der Waals surface area contributed by atoms with E-state index < -0.39 is 5.97 Å². The molecule has 0 heterocycles. The van der Waals surface area contributed by atoms with Crippen molar-refractivity contribution in [1.82, 2.24) is 5.32 Å². The number of hydrogen-bond acceptors (Lipinski definition) is 4. The van der Waals surface area contributed by atoms with Gasteiger partial charge in [-0.3, -0.25) is 4.79 Å². The number of ether oxygens (including phenoxy) is 1. The highest BCUT2D eigenvalue weighted by atomic mass is 32.1. The van der Waals surface area contributed by atoms with E-state index in [1.54, 1.807) is 0 Å². The lowest BCUT2D eigenvalue weighted by Gasteiger charge is -2.02. The lowest BCUT2D eigenvalue weighted by Crippen LogP contribution is -2.35. The largest absolute Gasteiger partial charge is 0.462 e. The molecule has 0 aromatic heterocycles. The van der Waals surface area contributed by atoms with E-state index in [0.29, 0.717) is 0 Å². The van der Waals surface area contributed by atoms with Gasteiger partial charge in [-0.15, -0.1) is 0 Å². The molecule has 13 heavy (non-hydrogen) atoms. The molecule has 0 radical (unpaired) electrons. The molecule has 0 aliphatic rings. The molecule has 0 aliphatic carbocycles. The Morgan fingerprint density at radius 3 is 2.69 bits per heavy atom. The van der Waals surface area contributed by atoms with Crippen LogP contribution in [-0.2, 0) is 14.3 Å². The lowest BCUT2D eigenvalue weighted by molar-refractivity contribution is -0.138. The first-order chi connectivity index (χ1) is 6.06. The third-order valence-electron chi connectivity index (χ3n) is 1.00. The molecular weight excluding hydrogens is 192 g/mol. The van der Waals surface area contributed by atoms with E-state index in [9.17, 15) is 9.59 Å². The maximum Gasteiger partial charge on any atom is 0.330 e. The number of amides is 1. The third-order valence-corrected chi connectivity index (χ3v) is 1.10. The van der Waals surface area contributed by atoms with E-state index in [-0.39, 0.29) is 24.0 Å².